The van der Waals surface area contributed by atoms with Gasteiger partial charge in [-0.25, -0.2) is 0 Å². The lowest BCUT2D eigenvalue weighted by Crippen LogP contribution is -2.49. The van der Waals surface area contributed by atoms with Gasteiger partial charge in [-0.2, -0.15) is 0 Å². The molecule has 0 bridgehead atoms. The van der Waals surface area contributed by atoms with Gasteiger partial charge < -0.3 is 4.57 Å². The van der Waals surface area contributed by atoms with Crippen LogP contribution in [0.2, 0.25) is 19.6 Å². The van der Waals surface area contributed by atoms with Crippen molar-refractivity contribution >= 4 is 25.6 Å². The molecule has 0 saturated carbocycles. The van der Waals surface area contributed by atoms with Crippen LogP contribution in [0.1, 0.15) is 29.3 Å². The molecule has 0 N–H and O–H groups in total. The van der Waals surface area contributed by atoms with Gasteiger partial charge >= 0.3 is 0 Å². The number of anilines is 1. The van der Waals surface area contributed by atoms with Crippen molar-refractivity contribution in [3.63, 3.8) is 0 Å². The fourth-order valence-corrected chi connectivity index (χ4v) is 4.11. The highest BCUT2D eigenvalue weighted by molar-refractivity contribution is 6.87. The highest BCUT2D eigenvalue weighted by Crippen LogP contribution is 2.36. The first-order valence-corrected chi connectivity index (χ1v) is 9.83. The van der Waals surface area contributed by atoms with Gasteiger partial charge in [0.25, 0.3) is 11.7 Å². The number of carbonyl (C=O) groups excluding carboxylic acids is 2. The second kappa shape index (κ2) is 4.35. The van der Waals surface area contributed by atoms with Crippen molar-refractivity contribution in [3.8, 4) is 0 Å². The molecule has 2 rings (SSSR count). The molecule has 0 spiro atoms. The first kappa shape index (κ1) is 13.0. The molecule has 1 heterocycles. The summed E-state index contributed by atoms with van der Waals surface area (Å²) in [5.41, 5.74) is 2.60. The predicted octanol–water partition coefficient (Wildman–Crippen LogP) is 3.00. The van der Waals surface area contributed by atoms with E-state index < -0.39 is 8.24 Å². The average molecular weight is 261 g/mol. The number of aryl methyl sites for hydroxylation is 1. The summed E-state index contributed by atoms with van der Waals surface area (Å²) in [4.78, 5) is 24.2. The molecule has 0 aromatic heterocycles. The van der Waals surface area contributed by atoms with Crippen LogP contribution in [0.4, 0.5) is 5.69 Å². The Balaban J connectivity index is 2.64. The maximum Gasteiger partial charge on any atom is 0.291 e. The molecule has 4 heteroatoms. The van der Waals surface area contributed by atoms with E-state index >= 15 is 0 Å². The third-order valence-electron chi connectivity index (χ3n) is 3.18. The van der Waals surface area contributed by atoms with Crippen LogP contribution in [0.25, 0.3) is 0 Å². The monoisotopic (exact) mass is 261 g/mol. The number of nitrogens with zero attached hydrogens (tertiary/aromatic N) is 1. The molecule has 1 aromatic carbocycles. The Bertz CT molecular complexity index is 517. The zero-order chi connectivity index (χ0) is 13.5. The molecule has 3 nitrogen and oxygen atoms in total. The highest BCUT2D eigenvalue weighted by atomic mass is 28.3. The first-order valence-electron chi connectivity index (χ1n) is 6.38. The van der Waals surface area contributed by atoms with Gasteiger partial charge in [0.2, 0.25) is 0 Å². The summed E-state index contributed by atoms with van der Waals surface area (Å²) >= 11 is 0. The summed E-state index contributed by atoms with van der Waals surface area (Å²) in [6.07, 6.45) is 1.92. The van der Waals surface area contributed by atoms with E-state index in [0.29, 0.717) is 5.56 Å². The fourth-order valence-electron chi connectivity index (χ4n) is 2.47. The molecule has 96 valence electrons. The maximum absolute atomic E-state index is 12.2. The standard InChI is InChI=1S/C14H19NO2Si/c1-5-7-10-8-6-9-11-12(10)15(18(2,3)4)14(17)13(11)16/h6,8-9H,5,7H2,1-4H3. The molecular formula is C14H19NO2Si. The third-order valence-corrected chi connectivity index (χ3v) is 4.94. The molecule has 0 fully saturated rings. The smallest absolute Gasteiger partial charge is 0.291 e. The van der Waals surface area contributed by atoms with Gasteiger partial charge in [0.05, 0.1) is 11.3 Å². The summed E-state index contributed by atoms with van der Waals surface area (Å²) in [5.74, 6) is -0.682. The minimum atomic E-state index is -1.88. The maximum atomic E-state index is 12.2. The van der Waals surface area contributed by atoms with Crippen LogP contribution in [0, 0.1) is 0 Å². The van der Waals surface area contributed by atoms with E-state index in [9.17, 15) is 9.59 Å². The number of fused-ring (bicyclic) bond motifs is 1. The molecule has 0 unspecified atom stereocenters. The van der Waals surface area contributed by atoms with Crippen molar-refractivity contribution < 1.29 is 9.59 Å². The van der Waals surface area contributed by atoms with E-state index in [1.807, 2.05) is 12.1 Å². The van der Waals surface area contributed by atoms with E-state index in [0.717, 1.165) is 24.1 Å². The number of hydrogen-bond acceptors (Lipinski definition) is 2. The molecule has 1 aromatic rings. The SMILES string of the molecule is CCCc1cccc2c1N([Si](C)(C)C)C(=O)C2=O. The van der Waals surface area contributed by atoms with Gasteiger partial charge in [0.1, 0.15) is 0 Å². The summed E-state index contributed by atoms with van der Waals surface area (Å²) in [6, 6.07) is 5.68. The predicted molar refractivity (Wildman–Crippen MR) is 75.6 cm³/mol. The molecule has 0 saturated heterocycles. The van der Waals surface area contributed by atoms with Gasteiger partial charge in [-0.15, -0.1) is 0 Å². The minimum Gasteiger partial charge on any atom is -0.333 e. The van der Waals surface area contributed by atoms with Crippen molar-refractivity contribution in [1.29, 1.82) is 0 Å². The normalized spacial score (nSPS) is 15.2. The van der Waals surface area contributed by atoms with Gasteiger partial charge in [-0.3, -0.25) is 9.59 Å². The molecule has 18 heavy (non-hydrogen) atoms. The molecule has 0 radical (unpaired) electrons. The van der Waals surface area contributed by atoms with Crippen molar-refractivity contribution in [3.05, 3.63) is 29.3 Å². The Morgan fingerprint density at radius 3 is 2.39 bits per heavy atom. The first-order chi connectivity index (χ1) is 8.38. The number of para-hydroxylation sites is 1. The zero-order valence-electron chi connectivity index (χ0n) is 11.4. The van der Waals surface area contributed by atoms with E-state index in [4.69, 9.17) is 0 Å². The minimum absolute atomic E-state index is 0.340. The van der Waals surface area contributed by atoms with Gasteiger partial charge in [-0.05, 0) is 18.1 Å². The number of ketones is 1. The molecule has 1 aliphatic rings. The summed E-state index contributed by atoms with van der Waals surface area (Å²) in [5, 5.41) is 0. The Hall–Kier alpha value is -1.42. The topological polar surface area (TPSA) is 37.4 Å². The molecule has 0 atom stereocenters. The molecule has 1 amide bonds. The number of benzene rings is 1. The third kappa shape index (κ3) is 1.90. The van der Waals surface area contributed by atoms with Crippen LogP contribution in [0.3, 0.4) is 0 Å². The van der Waals surface area contributed by atoms with Crippen LogP contribution in [-0.4, -0.2) is 19.9 Å². The summed E-state index contributed by atoms with van der Waals surface area (Å²) in [7, 11) is -1.88. The van der Waals surface area contributed by atoms with Crippen molar-refractivity contribution in [1.82, 2.24) is 0 Å². The largest absolute Gasteiger partial charge is 0.333 e. The van der Waals surface area contributed by atoms with E-state index in [1.165, 1.54) is 0 Å². The van der Waals surface area contributed by atoms with Crippen molar-refractivity contribution in [2.45, 2.75) is 39.4 Å². The lowest BCUT2D eigenvalue weighted by atomic mass is 10.0. The quantitative estimate of drug-likeness (QED) is 0.619. The van der Waals surface area contributed by atoms with E-state index in [2.05, 4.69) is 26.6 Å². The molecular weight excluding hydrogens is 242 g/mol. The zero-order valence-corrected chi connectivity index (χ0v) is 12.4. The summed E-state index contributed by atoms with van der Waals surface area (Å²) < 4.78 is 1.79. The van der Waals surface area contributed by atoms with Crippen molar-refractivity contribution in [2.24, 2.45) is 0 Å². The van der Waals surface area contributed by atoms with Gasteiger partial charge in [-0.1, -0.05) is 45.1 Å². The Morgan fingerprint density at radius 1 is 1.17 bits per heavy atom. The van der Waals surface area contributed by atoms with Gasteiger partial charge in [0.15, 0.2) is 8.24 Å². The Morgan fingerprint density at radius 2 is 1.83 bits per heavy atom. The number of Topliss-reactive ketones (excluding diaryl/α,β-unsaturated/α-hetero) is 1. The van der Waals surface area contributed by atoms with Crippen LogP contribution in [0.15, 0.2) is 18.2 Å². The fraction of sp³-hybridized carbons (Fsp3) is 0.429. The lowest BCUT2D eigenvalue weighted by Gasteiger charge is -2.31. The second-order valence-electron chi connectivity index (χ2n) is 5.70. The van der Waals surface area contributed by atoms with Crippen molar-refractivity contribution in [2.75, 3.05) is 4.57 Å². The van der Waals surface area contributed by atoms with Crippen LogP contribution in [-0.2, 0) is 11.2 Å². The summed E-state index contributed by atoms with van der Waals surface area (Å²) in [6.45, 7) is 8.39. The second-order valence-corrected chi connectivity index (χ2v) is 10.5. The van der Waals surface area contributed by atoms with Crippen LogP contribution < -0.4 is 4.57 Å². The van der Waals surface area contributed by atoms with E-state index in [-0.39, 0.29) is 11.7 Å². The van der Waals surface area contributed by atoms with E-state index in [1.54, 1.807) is 10.6 Å². The van der Waals surface area contributed by atoms with Gasteiger partial charge in [0, 0.05) is 0 Å². The molecule has 1 aliphatic heterocycles. The highest BCUT2D eigenvalue weighted by Gasteiger charge is 2.43. The number of amides is 1. The lowest BCUT2D eigenvalue weighted by molar-refractivity contribution is -0.113. The Labute approximate surface area is 109 Å². The average Bonchev–Trinajstić information content (AvgIpc) is 2.53. The Kier molecular flexibility index (Phi) is 3.15. The molecule has 0 aliphatic carbocycles. The number of rotatable bonds is 3. The number of carbonyl (C=O) groups is 2. The number of hydrogen-bond donors (Lipinski definition) is 0. The van der Waals surface area contributed by atoms with Crippen LogP contribution in [0.5, 0.6) is 0 Å². The van der Waals surface area contributed by atoms with Crippen LogP contribution >= 0.6 is 0 Å².